The molecule has 9 heteroatoms. The molecule has 0 heterocycles. The third kappa shape index (κ3) is 36.1. The second-order valence-electron chi connectivity index (χ2n) is 9.93. The Balaban J connectivity index is 0. The molecule has 206 valence electrons. The molecule has 0 spiro atoms. The Labute approximate surface area is 208 Å². The SMILES string of the molecule is CCCCCCCCCCCCCCCCCC(=O)NC(CC)NCC(C)(C)O.O=P(O)(O)O. The highest BCUT2D eigenvalue weighted by molar-refractivity contribution is 7.45. The maximum absolute atomic E-state index is 12.1. The van der Waals surface area contributed by atoms with Crippen molar-refractivity contribution in [2.45, 2.75) is 149 Å². The van der Waals surface area contributed by atoms with Crippen LogP contribution >= 0.6 is 7.82 Å². The Kier molecular flexibility index (Phi) is 24.1. The van der Waals surface area contributed by atoms with E-state index in [2.05, 4.69) is 17.6 Å². The number of nitrogens with one attached hydrogen (secondary N) is 2. The molecule has 34 heavy (non-hydrogen) atoms. The molecular weight excluding hydrogens is 455 g/mol. The van der Waals surface area contributed by atoms with Crippen LogP contribution in [-0.2, 0) is 9.36 Å². The molecule has 0 radical (unpaired) electrons. The minimum atomic E-state index is -4.64. The largest absolute Gasteiger partial charge is 0.466 e. The van der Waals surface area contributed by atoms with Gasteiger partial charge in [0.2, 0.25) is 5.91 Å². The van der Waals surface area contributed by atoms with Crippen LogP contribution in [0.25, 0.3) is 0 Å². The summed E-state index contributed by atoms with van der Waals surface area (Å²) >= 11 is 0. The summed E-state index contributed by atoms with van der Waals surface area (Å²) in [4.78, 5) is 33.6. The van der Waals surface area contributed by atoms with Crippen molar-refractivity contribution < 1.29 is 29.1 Å². The number of aliphatic hydroxyl groups is 1. The van der Waals surface area contributed by atoms with Crippen LogP contribution in [0.4, 0.5) is 0 Å². The molecule has 8 nitrogen and oxygen atoms in total. The third-order valence-corrected chi connectivity index (χ3v) is 5.53. The first-order chi connectivity index (χ1) is 15.9. The maximum atomic E-state index is 12.1. The van der Waals surface area contributed by atoms with Crippen molar-refractivity contribution in [3.8, 4) is 0 Å². The number of phosphoric acid groups is 1. The molecule has 0 aromatic rings. The van der Waals surface area contributed by atoms with E-state index in [1.165, 1.54) is 83.5 Å². The topological polar surface area (TPSA) is 139 Å². The summed E-state index contributed by atoms with van der Waals surface area (Å²) in [7, 11) is -4.64. The van der Waals surface area contributed by atoms with Gasteiger partial charge in [0.15, 0.2) is 0 Å². The Morgan fingerprint density at radius 1 is 0.765 bits per heavy atom. The smallest absolute Gasteiger partial charge is 0.389 e. The van der Waals surface area contributed by atoms with Crippen molar-refractivity contribution >= 4 is 13.7 Å². The molecule has 0 aromatic heterocycles. The van der Waals surface area contributed by atoms with E-state index in [9.17, 15) is 9.90 Å². The molecular formula is C25H55N2O6P. The van der Waals surface area contributed by atoms with Gasteiger partial charge in [0.1, 0.15) is 0 Å². The summed E-state index contributed by atoms with van der Waals surface area (Å²) < 4.78 is 8.88. The summed E-state index contributed by atoms with van der Waals surface area (Å²) in [6, 6.07) is 0. The Morgan fingerprint density at radius 3 is 1.44 bits per heavy atom. The zero-order valence-electron chi connectivity index (χ0n) is 22.4. The fourth-order valence-corrected chi connectivity index (χ4v) is 3.59. The van der Waals surface area contributed by atoms with Crippen LogP contribution in [-0.4, -0.2) is 44.0 Å². The van der Waals surface area contributed by atoms with Crippen LogP contribution in [0.5, 0.6) is 0 Å². The number of rotatable bonds is 21. The van der Waals surface area contributed by atoms with Gasteiger partial charge < -0.3 is 25.1 Å². The minimum absolute atomic E-state index is 0.0507. The molecule has 0 bridgehead atoms. The van der Waals surface area contributed by atoms with Crippen LogP contribution < -0.4 is 10.6 Å². The molecule has 0 aromatic carbocycles. The molecule has 0 saturated carbocycles. The van der Waals surface area contributed by atoms with Crippen molar-refractivity contribution in [2.75, 3.05) is 6.54 Å². The lowest BCUT2D eigenvalue weighted by molar-refractivity contribution is -0.122. The van der Waals surface area contributed by atoms with Gasteiger partial charge >= 0.3 is 7.82 Å². The predicted octanol–water partition coefficient (Wildman–Crippen LogP) is 5.53. The Hall–Kier alpha value is -0.500. The zero-order chi connectivity index (χ0) is 26.3. The van der Waals surface area contributed by atoms with Gasteiger partial charge in [0.05, 0.1) is 11.8 Å². The lowest BCUT2D eigenvalue weighted by Crippen LogP contribution is -2.49. The molecule has 0 aliphatic heterocycles. The van der Waals surface area contributed by atoms with Crippen molar-refractivity contribution in [2.24, 2.45) is 0 Å². The number of carbonyl (C=O) groups is 1. The fourth-order valence-electron chi connectivity index (χ4n) is 3.59. The van der Waals surface area contributed by atoms with Gasteiger partial charge in [-0.1, -0.05) is 104 Å². The van der Waals surface area contributed by atoms with E-state index in [4.69, 9.17) is 19.2 Å². The van der Waals surface area contributed by atoms with Crippen molar-refractivity contribution in [3.05, 3.63) is 0 Å². The lowest BCUT2D eigenvalue weighted by Gasteiger charge is -2.24. The van der Waals surface area contributed by atoms with Crippen LogP contribution in [0.15, 0.2) is 0 Å². The van der Waals surface area contributed by atoms with E-state index in [1.54, 1.807) is 13.8 Å². The summed E-state index contributed by atoms with van der Waals surface area (Å²) in [5.74, 6) is 0.120. The van der Waals surface area contributed by atoms with Gasteiger partial charge in [-0.25, -0.2) is 4.57 Å². The second-order valence-corrected chi connectivity index (χ2v) is 11.0. The number of hydrogen-bond acceptors (Lipinski definition) is 4. The highest BCUT2D eigenvalue weighted by atomic mass is 31.2. The molecule has 1 amide bonds. The average molecular weight is 511 g/mol. The van der Waals surface area contributed by atoms with Crippen LogP contribution in [0, 0.1) is 0 Å². The van der Waals surface area contributed by atoms with Crippen molar-refractivity contribution in [1.82, 2.24) is 10.6 Å². The summed E-state index contributed by atoms with van der Waals surface area (Å²) in [6.45, 7) is 8.33. The van der Waals surface area contributed by atoms with Crippen LogP contribution in [0.3, 0.4) is 0 Å². The van der Waals surface area contributed by atoms with E-state index in [0.717, 1.165) is 19.3 Å². The number of amides is 1. The lowest BCUT2D eigenvalue weighted by atomic mass is 10.0. The molecule has 1 atom stereocenters. The summed E-state index contributed by atoms with van der Waals surface area (Å²) in [5.41, 5.74) is -0.758. The number of carbonyl (C=O) groups excluding carboxylic acids is 1. The Bertz CT molecular complexity index is 500. The zero-order valence-corrected chi connectivity index (χ0v) is 23.3. The molecule has 0 aliphatic rings. The molecule has 0 saturated heterocycles. The standard InChI is InChI=1S/C25H52N2O2.H3O4P/c1-5-7-8-9-10-11-12-13-14-15-16-17-18-19-20-21-24(28)27-23(6-2)26-22-25(3,4)29;1-5(2,3)4/h23,26,29H,5-22H2,1-4H3,(H,27,28);(H3,1,2,3,4). The summed E-state index contributed by atoms with van der Waals surface area (Å²) in [5, 5.41) is 16.0. The Morgan fingerprint density at radius 2 is 1.12 bits per heavy atom. The van der Waals surface area contributed by atoms with Gasteiger partial charge in [0.25, 0.3) is 0 Å². The van der Waals surface area contributed by atoms with Gasteiger partial charge in [0, 0.05) is 13.0 Å². The average Bonchev–Trinajstić information content (AvgIpc) is 2.72. The fraction of sp³-hybridized carbons (Fsp3) is 0.960. The second kappa shape index (κ2) is 22.9. The normalized spacial score (nSPS) is 12.7. The van der Waals surface area contributed by atoms with E-state index < -0.39 is 13.4 Å². The van der Waals surface area contributed by atoms with Gasteiger partial charge in [-0.3, -0.25) is 10.1 Å². The summed E-state index contributed by atoms with van der Waals surface area (Å²) in [6.07, 6.45) is 21.5. The van der Waals surface area contributed by atoms with Crippen molar-refractivity contribution in [3.63, 3.8) is 0 Å². The van der Waals surface area contributed by atoms with E-state index in [1.807, 2.05) is 6.92 Å². The van der Waals surface area contributed by atoms with E-state index in [0.29, 0.717) is 13.0 Å². The minimum Gasteiger partial charge on any atom is -0.389 e. The molecule has 0 fully saturated rings. The molecule has 1 unspecified atom stereocenters. The highest BCUT2D eigenvalue weighted by Crippen LogP contribution is 2.25. The first-order valence-corrected chi connectivity index (χ1v) is 15.0. The third-order valence-electron chi connectivity index (χ3n) is 5.53. The van der Waals surface area contributed by atoms with E-state index in [-0.39, 0.29) is 12.1 Å². The maximum Gasteiger partial charge on any atom is 0.466 e. The number of hydrogen-bond donors (Lipinski definition) is 6. The molecule has 0 aliphatic carbocycles. The predicted molar refractivity (Wildman–Crippen MR) is 140 cm³/mol. The number of unbranched alkanes of at least 4 members (excludes halogenated alkanes) is 14. The molecule has 0 rings (SSSR count). The molecule has 6 N–H and O–H groups in total. The van der Waals surface area contributed by atoms with Crippen LogP contribution in [0.2, 0.25) is 0 Å². The van der Waals surface area contributed by atoms with Crippen LogP contribution in [0.1, 0.15) is 137 Å². The first-order valence-electron chi connectivity index (χ1n) is 13.4. The highest BCUT2D eigenvalue weighted by Gasteiger charge is 2.16. The van der Waals surface area contributed by atoms with Gasteiger partial charge in [-0.15, -0.1) is 0 Å². The monoisotopic (exact) mass is 510 g/mol. The van der Waals surface area contributed by atoms with Gasteiger partial charge in [-0.05, 0) is 26.7 Å². The quantitative estimate of drug-likeness (QED) is 0.0677. The van der Waals surface area contributed by atoms with Crippen molar-refractivity contribution in [1.29, 1.82) is 0 Å². The first kappa shape index (κ1) is 35.7. The van der Waals surface area contributed by atoms with E-state index >= 15 is 0 Å². The van der Waals surface area contributed by atoms with Gasteiger partial charge in [-0.2, -0.15) is 0 Å².